The summed E-state index contributed by atoms with van der Waals surface area (Å²) in [4.78, 5) is 43.0. The molecule has 1 aliphatic rings. The van der Waals surface area contributed by atoms with E-state index in [1.807, 2.05) is 0 Å². The first-order valence-electron chi connectivity index (χ1n) is 12.5. The number of ether oxygens (including phenoxy) is 1. The van der Waals surface area contributed by atoms with Crippen LogP contribution >= 0.6 is 0 Å². The Morgan fingerprint density at radius 2 is 1.92 bits per heavy atom. The molecule has 2 aromatic heterocycles. The maximum Gasteiger partial charge on any atom is 0.409 e. The fraction of sp³-hybridized carbons (Fsp3) is 0.577. The van der Waals surface area contributed by atoms with Crippen LogP contribution in [0.15, 0.2) is 18.3 Å². The fourth-order valence-electron chi connectivity index (χ4n) is 4.44. The van der Waals surface area contributed by atoms with Gasteiger partial charge in [-0.1, -0.05) is 26.7 Å². The minimum Gasteiger partial charge on any atom is -0.481 e. The summed E-state index contributed by atoms with van der Waals surface area (Å²) in [5.41, 5.74) is 3.22. The normalized spacial score (nSPS) is 17.6. The van der Waals surface area contributed by atoms with E-state index < -0.39 is 23.9 Å². The molecule has 0 bridgehead atoms. The van der Waals surface area contributed by atoms with Crippen molar-refractivity contribution in [1.29, 1.82) is 0 Å². The topological polar surface area (TPSA) is 127 Å². The molecule has 0 aliphatic heterocycles. The highest BCUT2D eigenvalue weighted by atomic mass is 16.6. The predicted molar refractivity (Wildman–Crippen MR) is 135 cm³/mol. The highest BCUT2D eigenvalue weighted by Crippen LogP contribution is 2.32. The summed E-state index contributed by atoms with van der Waals surface area (Å²) in [6.07, 6.45) is 4.93. The van der Waals surface area contributed by atoms with Gasteiger partial charge in [0, 0.05) is 26.2 Å². The van der Waals surface area contributed by atoms with Gasteiger partial charge in [-0.05, 0) is 44.2 Å². The third kappa shape index (κ3) is 6.61. The number of carboxylic acids is 1. The summed E-state index contributed by atoms with van der Waals surface area (Å²) >= 11 is 0. The van der Waals surface area contributed by atoms with E-state index in [9.17, 15) is 19.5 Å². The lowest BCUT2D eigenvalue weighted by Gasteiger charge is -2.27. The number of nitrogens with one attached hydrogen (secondary N) is 1. The van der Waals surface area contributed by atoms with Gasteiger partial charge in [-0.2, -0.15) is 5.10 Å². The zero-order valence-electron chi connectivity index (χ0n) is 21.8. The van der Waals surface area contributed by atoms with Crippen molar-refractivity contribution in [1.82, 2.24) is 19.7 Å². The summed E-state index contributed by atoms with van der Waals surface area (Å²) < 4.78 is 7.17. The second-order valence-electron chi connectivity index (χ2n) is 9.94. The van der Waals surface area contributed by atoms with Gasteiger partial charge in [0.1, 0.15) is 6.61 Å². The van der Waals surface area contributed by atoms with Crippen LogP contribution in [0.5, 0.6) is 0 Å². The molecule has 1 saturated carbocycles. The Labute approximate surface area is 212 Å². The number of nitrogens with zero attached hydrogens (tertiary/aromatic N) is 4. The maximum absolute atomic E-state index is 12.9. The molecule has 0 radical (unpaired) electrons. The summed E-state index contributed by atoms with van der Waals surface area (Å²) in [6.45, 7) is 6.67. The first kappa shape index (κ1) is 27.2. The SMILES string of the molecule is Cc1nc(-c2cnn(C)c2COC(=O)N(C)CCC(C)C)ccc1NC(=O)[C@H]1CCCC[C@@H]1C(=O)O. The predicted octanol–water partition coefficient (Wildman–Crippen LogP) is 4.23. The Morgan fingerprint density at radius 3 is 2.56 bits per heavy atom. The zero-order chi connectivity index (χ0) is 26.4. The average molecular weight is 500 g/mol. The lowest BCUT2D eigenvalue weighted by Crippen LogP contribution is -2.36. The number of hydrogen-bond acceptors (Lipinski definition) is 6. The number of carbonyl (C=O) groups excluding carboxylic acids is 2. The van der Waals surface area contributed by atoms with Crippen LogP contribution in [0.4, 0.5) is 10.5 Å². The van der Waals surface area contributed by atoms with Crippen molar-refractivity contribution in [2.45, 2.75) is 59.5 Å². The van der Waals surface area contributed by atoms with Crippen LogP contribution in [-0.2, 0) is 28.0 Å². The van der Waals surface area contributed by atoms with Crippen molar-refractivity contribution in [3.05, 3.63) is 29.7 Å². The van der Waals surface area contributed by atoms with Crippen molar-refractivity contribution in [3.63, 3.8) is 0 Å². The van der Waals surface area contributed by atoms with E-state index in [4.69, 9.17) is 4.74 Å². The summed E-state index contributed by atoms with van der Waals surface area (Å²) in [5.74, 6) is -1.91. The van der Waals surface area contributed by atoms with Crippen molar-refractivity contribution in [2.24, 2.45) is 24.8 Å². The van der Waals surface area contributed by atoms with Gasteiger partial charge in [0.15, 0.2) is 0 Å². The summed E-state index contributed by atoms with van der Waals surface area (Å²) in [6, 6.07) is 3.53. The number of aryl methyl sites for hydroxylation is 2. The number of carbonyl (C=O) groups is 3. The first-order chi connectivity index (χ1) is 17.1. The van der Waals surface area contributed by atoms with Gasteiger partial charge in [0.2, 0.25) is 5.91 Å². The van der Waals surface area contributed by atoms with Gasteiger partial charge in [0.05, 0.1) is 40.8 Å². The monoisotopic (exact) mass is 499 g/mol. The first-order valence-corrected chi connectivity index (χ1v) is 12.5. The van der Waals surface area contributed by atoms with Crippen molar-refractivity contribution in [3.8, 4) is 11.3 Å². The van der Waals surface area contributed by atoms with Gasteiger partial charge in [0.25, 0.3) is 0 Å². The quantitative estimate of drug-likeness (QED) is 0.528. The van der Waals surface area contributed by atoms with E-state index in [-0.39, 0.29) is 12.5 Å². The molecule has 196 valence electrons. The number of aromatic nitrogens is 3. The maximum atomic E-state index is 12.9. The van der Waals surface area contributed by atoms with Crippen LogP contribution < -0.4 is 5.32 Å². The van der Waals surface area contributed by atoms with Crippen LogP contribution in [0.1, 0.15) is 57.3 Å². The number of amides is 2. The molecule has 0 aromatic carbocycles. The molecule has 10 heteroatoms. The van der Waals surface area contributed by atoms with Crippen LogP contribution in [0.2, 0.25) is 0 Å². The Bertz CT molecular complexity index is 1100. The van der Waals surface area contributed by atoms with Gasteiger partial charge < -0.3 is 20.1 Å². The Morgan fingerprint density at radius 1 is 1.22 bits per heavy atom. The molecular formula is C26H37N5O5. The van der Waals surface area contributed by atoms with Gasteiger partial charge in [-0.15, -0.1) is 0 Å². The number of rotatable bonds is 9. The Balaban J connectivity index is 1.70. The average Bonchev–Trinajstić information content (AvgIpc) is 3.22. The van der Waals surface area contributed by atoms with E-state index in [0.717, 1.165) is 24.8 Å². The molecule has 3 rings (SSSR count). The molecule has 2 atom stereocenters. The molecular weight excluding hydrogens is 462 g/mol. The molecule has 1 aliphatic carbocycles. The fourth-order valence-corrected chi connectivity index (χ4v) is 4.44. The van der Waals surface area contributed by atoms with Crippen molar-refractivity contribution < 1.29 is 24.2 Å². The third-order valence-electron chi connectivity index (χ3n) is 6.79. The molecule has 2 aromatic rings. The zero-order valence-corrected chi connectivity index (χ0v) is 21.8. The Hall–Kier alpha value is -3.43. The summed E-state index contributed by atoms with van der Waals surface area (Å²) in [7, 11) is 3.50. The largest absolute Gasteiger partial charge is 0.481 e. The summed E-state index contributed by atoms with van der Waals surface area (Å²) in [5, 5.41) is 16.7. The molecule has 2 heterocycles. The van der Waals surface area contributed by atoms with Crippen molar-refractivity contribution >= 4 is 23.7 Å². The second kappa shape index (κ2) is 12.0. The van der Waals surface area contributed by atoms with Crippen LogP contribution in [0.25, 0.3) is 11.3 Å². The molecule has 1 fully saturated rings. The lowest BCUT2D eigenvalue weighted by molar-refractivity contribution is -0.147. The van der Waals surface area contributed by atoms with Gasteiger partial charge in [-0.3, -0.25) is 19.3 Å². The minimum atomic E-state index is -0.920. The van der Waals surface area contributed by atoms with Gasteiger partial charge >= 0.3 is 12.1 Å². The number of anilines is 1. The molecule has 36 heavy (non-hydrogen) atoms. The van der Waals surface area contributed by atoms with E-state index in [1.54, 1.807) is 48.9 Å². The van der Waals surface area contributed by atoms with E-state index in [2.05, 4.69) is 29.2 Å². The highest BCUT2D eigenvalue weighted by Gasteiger charge is 2.35. The third-order valence-corrected chi connectivity index (χ3v) is 6.79. The minimum absolute atomic E-state index is 0.0498. The molecule has 0 spiro atoms. The molecule has 10 nitrogen and oxygen atoms in total. The number of pyridine rings is 1. The molecule has 2 N–H and O–H groups in total. The van der Waals surface area contributed by atoms with Crippen LogP contribution in [0.3, 0.4) is 0 Å². The van der Waals surface area contributed by atoms with E-state index >= 15 is 0 Å². The Kier molecular flexibility index (Phi) is 9.06. The number of carboxylic acid groups (broad SMARTS) is 1. The standard InChI is InChI=1S/C26H37N5O5/c1-16(2)12-13-30(4)26(35)36-15-23-20(14-27-31(23)5)22-11-10-21(17(3)28-22)29-24(32)18-8-6-7-9-19(18)25(33)34/h10-11,14,16,18-19H,6-9,12-13,15H2,1-5H3,(H,29,32)(H,33,34)/t18-,19-/m0/s1. The second-order valence-corrected chi connectivity index (χ2v) is 9.94. The molecule has 2 amide bonds. The van der Waals surface area contributed by atoms with Crippen molar-refractivity contribution in [2.75, 3.05) is 18.9 Å². The molecule has 0 unspecified atom stereocenters. The number of aliphatic carboxylic acids is 1. The number of hydrogen-bond donors (Lipinski definition) is 2. The molecule has 0 saturated heterocycles. The smallest absolute Gasteiger partial charge is 0.409 e. The lowest BCUT2D eigenvalue weighted by atomic mass is 9.78. The van der Waals surface area contributed by atoms with Crippen LogP contribution in [0, 0.1) is 24.7 Å². The van der Waals surface area contributed by atoms with E-state index in [1.165, 1.54) is 0 Å². The van der Waals surface area contributed by atoms with Gasteiger partial charge in [-0.25, -0.2) is 4.79 Å². The van der Waals surface area contributed by atoms with E-state index in [0.29, 0.717) is 48.1 Å². The van der Waals surface area contributed by atoms with Crippen LogP contribution in [-0.4, -0.2) is 56.3 Å². The highest BCUT2D eigenvalue weighted by molar-refractivity contribution is 5.95.